The van der Waals surface area contributed by atoms with E-state index in [9.17, 15) is 0 Å². The number of ether oxygens (including phenoxy) is 6. The molecule has 3 aromatic rings. The summed E-state index contributed by atoms with van der Waals surface area (Å²) in [7, 11) is 0. The van der Waals surface area contributed by atoms with Gasteiger partial charge in [0.1, 0.15) is 19.8 Å². The van der Waals surface area contributed by atoms with Gasteiger partial charge in [-0.2, -0.15) is 0 Å². The van der Waals surface area contributed by atoms with Crippen LogP contribution in [-0.4, -0.2) is 94.6 Å². The van der Waals surface area contributed by atoms with E-state index < -0.39 is 0 Å². The lowest BCUT2D eigenvalue weighted by atomic mass is 9.95. The maximum Gasteiger partial charge on any atom is 0.203 e. The zero-order valence-electron chi connectivity index (χ0n) is 22.7. The van der Waals surface area contributed by atoms with E-state index in [0.717, 1.165) is 17.5 Å². The average molecular weight is 555 g/mol. The van der Waals surface area contributed by atoms with Gasteiger partial charge in [0.05, 0.1) is 59.5 Å². The number of rotatable bonds is 19. The number of hydrogen-bond donors (Lipinski definition) is 3. The van der Waals surface area contributed by atoms with Gasteiger partial charge in [-0.25, -0.2) is 0 Å². The molecule has 0 unspecified atom stereocenters. The van der Waals surface area contributed by atoms with Crippen LogP contribution in [0.5, 0.6) is 17.2 Å². The molecule has 0 radical (unpaired) electrons. The van der Waals surface area contributed by atoms with Crippen LogP contribution >= 0.6 is 0 Å². The van der Waals surface area contributed by atoms with Gasteiger partial charge in [0, 0.05) is 0 Å². The van der Waals surface area contributed by atoms with Gasteiger partial charge in [0.2, 0.25) is 5.75 Å². The SMILES string of the molecule is OCCOCCOc1cc(-c2cccc3c2Cc2ccccc2-3)cc(OCCOCCO)c1OCCOCCO. The summed E-state index contributed by atoms with van der Waals surface area (Å²) >= 11 is 0. The molecule has 0 saturated carbocycles. The molecule has 9 heteroatoms. The summed E-state index contributed by atoms with van der Waals surface area (Å²) in [6.45, 7) is 2.10. The smallest absolute Gasteiger partial charge is 0.203 e. The van der Waals surface area contributed by atoms with E-state index in [1.807, 2.05) is 12.1 Å². The standard InChI is InChI=1S/C31H38O9/c32-8-11-35-14-17-38-29-21-24(26-6-3-7-27-25-5-2-1-4-23(25)20-28(26)27)22-30(39-18-15-36-12-9-33)31(29)40-19-16-37-13-10-34/h1-7,21-22,32-34H,8-20H2. The molecule has 0 fully saturated rings. The van der Waals surface area contributed by atoms with Crippen molar-refractivity contribution in [1.82, 2.24) is 0 Å². The van der Waals surface area contributed by atoms with E-state index in [-0.39, 0.29) is 66.1 Å². The van der Waals surface area contributed by atoms with Gasteiger partial charge in [-0.3, -0.25) is 0 Å². The van der Waals surface area contributed by atoms with E-state index in [0.29, 0.717) is 30.5 Å². The first kappa shape index (κ1) is 29.8. The number of hydrogen-bond acceptors (Lipinski definition) is 9. The zero-order chi connectivity index (χ0) is 28.0. The number of aliphatic hydroxyl groups is 3. The highest BCUT2D eigenvalue weighted by molar-refractivity contribution is 5.85. The Labute approximate surface area is 234 Å². The number of benzene rings is 3. The monoisotopic (exact) mass is 554 g/mol. The molecular formula is C31H38O9. The van der Waals surface area contributed by atoms with Crippen LogP contribution in [0.1, 0.15) is 11.1 Å². The third kappa shape index (κ3) is 7.94. The highest BCUT2D eigenvalue weighted by atomic mass is 16.6. The second-order valence-electron chi connectivity index (χ2n) is 9.02. The fourth-order valence-corrected chi connectivity index (χ4v) is 4.64. The molecule has 3 N–H and O–H groups in total. The third-order valence-corrected chi connectivity index (χ3v) is 6.33. The fourth-order valence-electron chi connectivity index (χ4n) is 4.64. The Morgan fingerprint density at radius 1 is 0.525 bits per heavy atom. The molecule has 4 rings (SSSR count). The van der Waals surface area contributed by atoms with Crippen LogP contribution in [0.4, 0.5) is 0 Å². The molecule has 0 atom stereocenters. The van der Waals surface area contributed by atoms with Crippen molar-refractivity contribution in [3.8, 4) is 39.5 Å². The summed E-state index contributed by atoms with van der Waals surface area (Å²) in [6.07, 6.45) is 0.832. The van der Waals surface area contributed by atoms with Gasteiger partial charge in [0.25, 0.3) is 0 Å². The van der Waals surface area contributed by atoms with Crippen molar-refractivity contribution in [1.29, 1.82) is 0 Å². The second-order valence-corrected chi connectivity index (χ2v) is 9.02. The van der Waals surface area contributed by atoms with Crippen LogP contribution in [0, 0.1) is 0 Å². The Bertz CT molecular complexity index is 1160. The lowest BCUT2D eigenvalue weighted by Gasteiger charge is -2.20. The molecule has 0 spiro atoms. The predicted molar refractivity (Wildman–Crippen MR) is 150 cm³/mol. The van der Waals surface area contributed by atoms with Crippen LogP contribution in [0.3, 0.4) is 0 Å². The van der Waals surface area contributed by atoms with Gasteiger partial charge in [-0.05, 0) is 51.9 Å². The minimum Gasteiger partial charge on any atom is -0.487 e. The van der Waals surface area contributed by atoms with Gasteiger partial charge in [-0.1, -0.05) is 42.5 Å². The average Bonchev–Trinajstić information content (AvgIpc) is 3.36. The Kier molecular flexibility index (Phi) is 12.0. The molecule has 1 aliphatic carbocycles. The van der Waals surface area contributed by atoms with E-state index in [1.165, 1.54) is 22.3 Å². The summed E-state index contributed by atoms with van der Waals surface area (Å²) in [5.74, 6) is 1.41. The molecule has 9 nitrogen and oxygen atoms in total. The maximum absolute atomic E-state index is 9.01. The first-order valence-electron chi connectivity index (χ1n) is 13.6. The van der Waals surface area contributed by atoms with Crippen LogP contribution in [0.15, 0.2) is 54.6 Å². The van der Waals surface area contributed by atoms with Gasteiger partial charge in [0.15, 0.2) is 11.5 Å². The predicted octanol–water partition coefficient (Wildman–Crippen LogP) is 3.09. The molecule has 40 heavy (non-hydrogen) atoms. The normalized spacial score (nSPS) is 11.8. The largest absolute Gasteiger partial charge is 0.487 e. The summed E-state index contributed by atoms with van der Waals surface area (Å²) in [6, 6.07) is 18.7. The molecule has 0 heterocycles. The van der Waals surface area contributed by atoms with E-state index in [4.69, 9.17) is 43.7 Å². The van der Waals surface area contributed by atoms with E-state index in [1.54, 1.807) is 0 Å². The maximum atomic E-state index is 9.01. The molecule has 0 aliphatic heterocycles. The van der Waals surface area contributed by atoms with Crippen LogP contribution in [0.2, 0.25) is 0 Å². The van der Waals surface area contributed by atoms with Gasteiger partial charge in [-0.15, -0.1) is 0 Å². The minimum absolute atomic E-state index is 0.0600. The van der Waals surface area contributed by atoms with E-state index >= 15 is 0 Å². The zero-order valence-corrected chi connectivity index (χ0v) is 22.7. The molecule has 0 saturated heterocycles. The molecule has 216 valence electrons. The summed E-state index contributed by atoms with van der Waals surface area (Å²) in [5.41, 5.74) is 7.00. The quantitative estimate of drug-likeness (QED) is 0.150. The molecule has 0 aromatic heterocycles. The van der Waals surface area contributed by atoms with Crippen molar-refractivity contribution in [3.05, 3.63) is 65.7 Å². The lowest BCUT2D eigenvalue weighted by molar-refractivity contribution is 0.0606. The molecule has 0 amide bonds. The Morgan fingerprint density at radius 3 is 1.65 bits per heavy atom. The van der Waals surface area contributed by atoms with Crippen molar-refractivity contribution < 1.29 is 43.7 Å². The fraction of sp³-hybridized carbons (Fsp3) is 0.419. The molecule has 1 aliphatic rings. The summed E-state index contributed by atoms with van der Waals surface area (Å²) < 4.78 is 34.5. The highest BCUT2D eigenvalue weighted by Gasteiger charge is 2.23. The first-order valence-corrected chi connectivity index (χ1v) is 13.6. The lowest BCUT2D eigenvalue weighted by Crippen LogP contribution is -2.14. The number of fused-ring (bicyclic) bond motifs is 3. The molecule has 0 bridgehead atoms. The van der Waals surface area contributed by atoms with Crippen molar-refractivity contribution in [2.45, 2.75) is 6.42 Å². The second kappa shape index (κ2) is 16.2. The van der Waals surface area contributed by atoms with Crippen molar-refractivity contribution in [3.63, 3.8) is 0 Å². The Balaban J connectivity index is 1.66. The Morgan fingerprint density at radius 2 is 1.05 bits per heavy atom. The molecular weight excluding hydrogens is 516 g/mol. The van der Waals surface area contributed by atoms with Crippen molar-refractivity contribution in [2.24, 2.45) is 0 Å². The Hall–Kier alpha value is -3.18. The van der Waals surface area contributed by atoms with Gasteiger partial charge < -0.3 is 43.7 Å². The topological polar surface area (TPSA) is 116 Å². The molecule has 3 aromatic carbocycles. The van der Waals surface area contributed by atoms with Gasteiger partial charge >= 0.3 is 0 Å². The van der Waals surface area contributed by atoms with Crippen molar-refractivity contribution in [2.75, 3.05) is 79.3 Å². The van der Waals surface area contributed by atoms with Crippen LogP contribution in [-0.2, 0) is 20.6 Å². The first-order chi connectivity index (χ1) is 19.8. The van der Waals surface area contributed by atoms with Crippen LogP contribution in [0.25, 0.3) is 22.3 Å². The summed E-state index contributed by atoms with van der Waals surface area (Å²) in [4.78, 5) is 0. The van der Waals surface area contributed by atoms with Crippen LogP contribution < -0.4 is 14.2 Å². The minimum atomic E-state index is -0.0651. The van der Waals surface area contributed by atoms with Crippen molar-refractivity contribution >= 4 is 0 Å². The third-order valence-electron chi connectivity index (χ3n) is 6.33. The highest BCUT2D eigenvalue weighted by Crippen LogP contribution is 2.46. The number of aliphatic hydroxyl groups excluding tert-OH is 3. The summed E-state index contributed by atoms with van der Waals surface area (Å²) in [5, 5.41) is 27.0. The van der Waals surface area contributed by atoms with E-state index in [2.05, 4.69) is 42.5 Å².